The van der Waals surface area contributed by atoms with E-state index in [0.29, 0.717) is 16.3 Å². The van der Waals surface area contributed by atoms with Gasteiger partial charge in [-0.05, 0) is 35.0 Å². The van der Waals surface area contributed by atoms with E-state index in [1.54, 1.807) is 18.2 Å². The zero-order valence-corrected chi connectivity index (χ0v) is 14.2. The van der Waals surface area contributed by atoms with Gasteiger partial charge in [0, 0.05) is 18.2 Å². The average Bonchev–Trinajstić information content (AvgIpc) is 2.61. The van der Waals surface area contributed by atoms with Crippen molar-refractivity contribution in [3.8, 4) is 11.5 Å². The number of anilines is 1. The highest BCUT2D eigenvalue weighted by molar-refractivity contribution is 6.30. The molecule has 0 aromatic heterocycles. The zero-order chi connectivity index (χ0) is 17.8. The molecule has 1 amide bonds. The first kappa shape index (κ1) is 17.1. The molecule has 128 valence electrons. The fourth-order valence-electron chi connectivity index (χ4n) is 2.44. The summed E-state index contributed by atoms with van der Waals surface area (Å²) in [6.07, 6.45) is 0. The van der Waals surface area contributed by atoms with Crippen LogP contribution in [0.2, 0.25) is 5.02 Å². The molecule has 0 unspecified atom stereocenters. The number of rotatable bonds is 5. The minimum atomic E-state index is -0.408. The molecule has 25 heavy (non-hydrogen) atoms. The molecule has 0 saturated heterocycles. The monoisotopic (exact) mass is 357 g/mol. The molecule has 2 N–H and O–H groups in total. The molecule has 0 atom stereocenters. The Morgan fingerprint density at radius 2 is 1.84 bits per heavy atom. The number of amides is 1. The van der Waals surface area contributed by atoms with Gasteiger partial charge in [-0.2, -0.15) is 0 Å². The van der Waals surface area contributed by atoms with Crippen LogP contribution >= 0.6 is 11.6 Å². The number of nitrogens with one attached hydrogen (secondary N) is 1. The van der Waals surface area contributed by atoms with Gasteiger partial charge in [0.15, 0.2) is 6.79 Å². The molecule has 0 heterocycles. The van der Waals surface area contributed by atoms with Crippen molar-refractivity contribution in [1.29, 1.82) is 0 Å². The number of aromatic hydroxyl groups is 1. The van der Waals surface area contributed by atoms with Crippen LogP contribution in [0, 0.1) is 0 Å². The second-order valence-corrected chi connectivity index (χ2v) is 5.80. The van der Waals surface area contributed by atoms with Crippen molar-refractivity contribution in [1.82, 2.24) is 0 Å². The third kappa shape index (κ3) is 3.84. The van der Waals surface area contributed by atoms with Crippen LogP contribution < -0.4 is 10.1 Å². The Kier molecular flexibility index (Phi) is 5.07. The minimum Gasteiger partial charge on any atom is -0.506 e. The Bertz CT molecular complexity index is 926. The summed E-state index contributed by atoms with van der Waals surface area (Å²) in [5.74, 6) is -0.123. The number of carbonyl (C=O) groups excluding carboxylic acids is 1. The van der Waals surface area contributed by atoms with Crippen molar-refractivity contribution in [2.75, 3.05) is 19.2 Å². The second kappa shape index (κ2) is 7.42. The lowest BCUT2D eigenvalue weighted by molar-refractivity contribution is 0.0504. The summed E-state index contributed by atoms with van der Waals surface area (Å²) < 4.78 is 10.5. The number of phenols is 1. The van der Waals surface area contributed by atoms with E-state index in [1.807, 2.05) is 24.3 Å². The molecule has 0 fully saturated rings. The van der Waals surface area contributed by atoms with Crippen LogP contribution in [-0.4, -0.2) is 24.9 Å². The van der Waals surface area contributed by atoms with Crippen LogP contribution in [0.4, 0.5) is 5.69 Å². The van der Waals surface area contributed by atoms with Gasteiger partial charge in [-0.1, -0.05) is 35.9 Å². The molecule has 0 saturated carbocycles. The van der Waals surface area contributed by atoms with Crippen LogP contribution in [0.3, 0.4) is 0 Å². The molecule has 0 spiro atoms. The summed E-state index contributed by atoms with van der Waals surface area (Å²) in [5.41, 5.74) is 0.602. The molecule has 0 aliphatic heterocycles. The maximum atomic E-state index is 12.7. The quantitative estimate of drug-likeness (QED) is 0.523. The molecule has 6 heteroatoms. The molecule has 3 rings (SSSR count). The first-order valence-corrected chi connectivity index (χ1v) is 7.90. The summed E-state index contributed by atoms with van der Waals surface area (Å²) in [6.45, 7) is 0.0187. The SMILES string of the molecule is COCOc1cc2ccccc2cc1C(=O)Nc1ccc(Cl)cc1O. The Balaban J connectivity index is 1.98. The molecule has 3 aromatic rings. The number of carbonyl (C=O) groups is 1. The van der Waals surface area contributed by atoms with E-state index in [-0.39, 0.29) is 18.2 Å². The van der Waals surface area contributed by atoms with Crippen molar-refractivity contribution >= 4 is 34.0 Å². The minimum absolute atomic E-state index is 0.0187. The van der Waals surface area contributed by atoms with Crippen LogP contribution in [-0.2, 0) is 4.74 Å². The fraction of sp³-hybridized carbons (Fsp3) is 0.105. The van der Waals surface area contributed by atoms with Gasteiger partial charge in [0.05, 0.1) is 11.3 Å². The number of methoxy groups -OCH3 is 1. The van der Waals surface area contributed by atoms with Crippen LogP contribution in [0.1, 0.15) is 10.4 Å². The maximum absolute atomic E-state index is 12.7. The van der Waals surface area contributed by atoms with Gasteiger partial charge in [-0.25, -0.2) is 0 Å². The van der Waals surface area contributed by atoms with Gasteiger partial charge in [0.1, 0.15) is 11.5 Å². The van der Waals surface area contributed by atoms with Crippen molar-refractivity contribution < 1.29 is 19.4 Å². The first-order valence-electron chi connectivity index (χ1n) is 7.53. The molecule has 0 aliphatic carbocycles. The summed E-state index contributed by atoms with van der Waals surface area (Å²) >= 11 is 5.81. The Hall–Kier alpha value is -2.76. The van der Waals surface area contributed by atoms with E-state index < -0.39 is 5.91 Å². The van der Waals surface area contributed by atoms with Crippen molar-refractivity contribution in [3.05, 3.63) is 65.2 Å². The summed E-state index contributed by atoms with van der Waals surface area (Å²) in [6, 6.07) is 15.6. The lowest BCUT2D eigenvalue weighted by Crippen LogP contribution is -2.14. The Labute approximate surface area is 149 Å². The highest BCUT2D eigenvalue weighted by atomic mass is 35.5. The molecule has 5 nitrogen and oxygen atoms in total. The third-order valence-corrected chi connectivity index (χ3v) is 3.87. The Morgan fingerprint density at radius 3 is 2.52 bits per heavy atom. The summed E-state index contributed by atoms with van der Waals surface area (Å²) in [4.78, 5) is 12.7. The van der Waals surface area contributed by atoms with Gasteiger partial charge in [0.2, 0.25) is 0 Å². The Morgan fingerprint density at radius 1 is 1.12 bits per heavy atom. The molecule has 0 aliphatic rings. The van der Waals surface area contributed by atoms with Crippen LogP contribution in [0.25, 0.3) is 10.8 Å². The van der Waals surface area contributed by atoms with E-state index in [1.165, 1.54) is 19.2 Å². The number of ether oxygens (including phenoxy) is 2. The molecule has 0 radical (unpaired) electrons. The number of hydrogen-bond donors (Lipinski definition) is 2. The van der Waals surface area contributed by atoms with E-state index in [4.69, 9.17) is 21.1 Å². The van der Waals surface area contributed by atoms with E-state index in [9.17, 15) is 9.90 Å². The van der Waals surface area contributed by atoms with Gasteiger partial charge in [0.25, 0.3) is 5.91 Å². The number of hydrogen-bond acceptors (Lipinski definition) is 4. The summed E-state index contributed by atoms with van der Waals surface area (Å²) in [5, 5.41) is 14.8. The molecule has 0 bridgehead atoms. The predicted octanol–water partition coefficient (Wildman–Crippen LogP) is 4.43. The normalized spacial score (nSPS) is 10.6. The molecular formula is C19H16ClNO4. The predicted molar refractivity (Wildman–Crippen MR) is 97.5 cm³/mol. The second-order valence-electron chi connectivity index (χ2n) is 5.36. The van der Waals surface area contributed by atoms with Crippen molar-refractivity contribution in [3.63, 3.8) is 0 Å². The van der Waals surface area contributed by atoms with Gasteiger partial charge in [-0.15, -0.1) is 0 Å². The van der Waals surface area contributed by atoms with Crippen LogP contribution in [0.15, 0.2) is 54.6 Å². The number of fused-ring (bicyclic) bond motifs is 1. The first-order chi connectivity index (χ1) is 12.1. The number of phenolic OH excluding ortho intramolecular Hbond substituents is 1. The smallest absolute Gasteiger partial charge is 0.259 e. The van der Waals surface area contributed by atoms with E-state index >= 15 is 0 Å². The fourth-order valence-corrected chi connectivity index (χ4v) is 2.61. The van der Waals surface area contributed by atoms with E-state index in [2.05, 4.69) is 5.32 Å². The van der Waals surface area contributed by atoms with Crippen molar-refractivity contribution in [2.45, 2.75) is 0 Å². The average molecular weight is 358 g/mol. The molecule has 3 aromatic carbocycles. The van der Waals surface area contributed by atoms with Crippen LogP contribution in [0.5, 0.6) is 11.5 Å². The number of benzene rings is 3. The zero-order valence-electron chi connectivity index (χ0n) is 13.5. The van der Waals surface area contributed by atoms with Gasteiger partial charge >= 0.3 is 0 Å². The molecular weight excluding hydrogens is 342 g/mol. The van der Waals surface area contributed by atoms with Crippen molar-refractivity contribution in [2.24, 2.45) is 0 Å². The highest BCUT2D eigenvalue weighted by Crippen LogP contribution is 2.30. The third-order valence-electron chi connectivity index (χ3n) is 3.63. The van der Waals surface area contributed by atoms with E-state index in [0.717, 1.165) is 10.8 Å². The largest absolute Gasteiger partial charge is 0.506 e. The standard InChI is InChI=1S/C19H16ClNO4/c1-24-11-25-18-9-13-5-3-2-4-12(13)8-15(18)19(23)21-16-7-6-14(20)10-17(16)22/h2-10,22H,11H2,1H3,(H,21,23). The summed E-state index contributed by atoms with van der Waals surface area (Å²) in [7, 11) is 1.51. The number of halogens is 1. The maximum Gasteiger partial charge on any atom is 0.259 e. The van der Waals surface area contributed by atoms with Gasteiger partial charge < -0.3 is 19.9 Å². The lowest BCUT2D eigenvalue weighted by Gasteiger charge is -2.13. The van der Waals surface area contributed by atoms with Gasteiger partial charge in [-0.3, -0.25) is 4.79 Å². The topological polar surface area (TPSA) is 67.8 Å². The lowest BCUT2D eigenvalue weighted by atomic mass is 10.1. The highest BCUT2D eigenvalue weighted by Gasteiger charge is 2.16.